The Labute approximate surface area is 166 Å². The van der Waals surface area contributed by atoms with E-state index < -0.39 is 11.7 Å². The normalized spacial score (nSPS) is 17.1. The van der Waals surface area contributed by atoms with Gasteiger partial charge in [-0.1, -0.05) is 12.1 Å². The first-order valence-electron chi connectivity index (χ1n) is 9.20. The average molecular weight is 405 g/mol. The molecule has 1 fully saturated rings. The van der Waals surface area contributed by atoms with Crippen molar-refractivity contribution >= 4 is 17.7 Å². The Morgan fingerprint density at radius 2 is 2.00 bits per heavy atom. The summed E-state index contributed by atoms with van der Waals surface area (Å²) >= 11 is 0. The van der Waals surface area contributed by atoms with Crippen molar-refractivity contribution in [3.63, 3.8) is 0 Å². The number of pyridine rings is 1. The van der Waals surface area contributed by atoms with Crippen molar-refractivity contribution in [1.29, 1.82) is 0 Å². The molecule has 1 aromatic heterocycles. The van der Waals surface area contributed by atoms with E-state index in [1.54, 1.807) is 12.1 Å². The van der Waals surface area contributed by atoms with Crippen molar-refractivity contribution in [1.82, 2.24) is 9.88 Å². The monoisotopic (exact) mass is 405 g/mol. The maximum absolute atomic E-state index is 12.6. The molecule has 1 saturated heterocycles. The molecule has 3 N–H and O–H groups in total. The van der Waals surface area contributed by atoms with Gasteiger partial charge in [-0.05, 0) is 61.7 Å². The van der Waals surface area contributed by atoms with E-state index in [0.29, 0.717) is 18.2 Å². The van der Waals surface area contributed by atoms with E-state index in [4.69, 9.17) is 5.84 Å². The lowest BCUT2D eigenvalue weighted by molar-refractivity contribution is -0.137. The van der Waals surface area contributed by atoms with Crippen LogP contribution in [0.3, 0.4) is 0 Å². The summed E-state index contributed by atoms with van der Waals surface area (Å²) in [6.07, 6.45) is -0.365. The van der Waals surface area contributed by atoms with Crippen molar-refractivity contribution in [2.45, 2.75) is 24.9 Å². The van der Waals surface area contributed by atoms with Crippen molar-refractivity contribution in [2.24, 2.45) is 15.9 Å². The number of likely N-dealkylation sites (tertiary alicyclic amines) is 1. The molecule has 0 radical (unpaired) electrons. The van der Waals surface area contributed by atoms with Crippen LogP contribution in [0.15, 0.2) is 52.7 Å². The van der Waals surface area contributed by atoms with Crippen LogP contribution in [0, 0.1) is 0 Å². The van der Waals surface area contributed by atoms with Crippen molar-refractivity contribution in [2.75, 3.05) is 19.6 Å². The SMILES string of the molecule is NN=C(C=Nc1ccc(C(F)(F)F)cn1)CN1CCC(c2cccc(O)c2)CC1. The number of hydrogen-bond acceptors (Lipinski definition) is 6. The number of aliphatic imine (C=N–C) groups is 1. The summed E-state index contributed by atoms with van der Waals surface area (Å²) in [5.74, 6) is 6.26. The lowest BCUT2D eigenvalue weighted by Gasteiger charge is -2.32. The standard InChI is InChI=1S/C20H22F3N5O/c21-20(22,23)16-4-5-19(25-11-16)26-12-17(27-24)13-28-8-6-14(7-9-28)15-2-1-3-18(29)10-15/h1-5,10-12,14,29H,6-9,13,24H2. The minimum absolute atomic E-state index is 0.154. The minimum Gasteiger partial charge on any atom is -0.508 e. The van der Waals surface area contributed by atoms with Crippen LogP contribution in [-0.2, 0) is 6.18 Å². The first-order chi connectivity index (χ1) is 13.8. The third-order valence-electron chi connectivity index (χ3n) is 4.90. The predicted octanol–water partition coefficient (Wildman–Crippen LogP) is 3.70. The Bertz CT molecular complexity index is 872. The molecular weight excluding hydrogens is 383 g/mol. The number of hydrazone groups is 1. The minimum atomic E-state index is -4.43. The van der Waals surface area contributed by atoms with Crippen molar-refractivity contribution in [3.05, 3.63) is 53.7 Å². The van der Waals surface area contributed by atoms with Gasteiger partial charge in [-0.3, -0.25) is 4.90 Å². The van der Waals surface area contributed by atoms with Crippen LogP contribution in [0.5, 0.6) is 5.75 Å². The van der Waals surface area contributed by atoms with Crippen molar-refractivity contribution < 1.29 is 18.3 Å². The van der Waals surface area contributed by atoms with Gasteiger partial charge in [0.05, 0.1) is 17.5 Å². The predicted molar refractivity (Wildman–Crippen MR) is 106 cm³/mol. The van der Waals surface area contributed by atoms with E-state index in [1.807, 2.05) is 12.1 Å². The van der Waals surface area contributed by atoms with Gasteiger partial charge in [0.25, 0.3) is 0 Å². The summed E-state index contributed by atoms with van der Waals surface area (Å²) in [5.41, 5.74) is 0.827. The highest BCUT2D eigenvalue weighted by Crippen LogP contribution is 2.30. The number of phenolic OH excluding ortho intramolecular Hbond substituents is 1. The third-order valence-corrected chi connectivity index (χ3v) is 4.90. The van der Waals surface area contributed by atoms with E-state index >= 15 is 0 Å². The number of rotatable bonds is 5. The Morgan fingerprint density at radius 3 is 2.59 bits per heavy atom. The summed E-state index contributed by atoms with van der Waals surface area (Å²) in [5, 5.41) is 13.4. The van der Waals surface area contributed by atoms with Crippen LogP contribution in [-0.4, -0.2) is 46.6 Å². The molecule has 0 atom stereocenters. The Morgan fingerprint density at radius 1 is 1.24 bits per heavy atom. The number of aromatic nitrogens is 1. The van der Waals surface area contributed by atoms with Gasteiger partial charge in [-0.15, -0.1) is 0 Å². The molecule has 2 heterocycles. The second kappa shape index (κ2) is 9.04. The van der Waals surface area contributed by atoms with Gasteiger partial charge in [-0.25, -0.2) is 9.98 Å². The third kappa shape index (κ3) is 5.77. The molecule has 1 aromatic carbocycles. The zero-order chi connectivity index (χ0) is 20.9. The van der Waals surface area contributed by atoms with Crippen LogP contribution in [0.4, 0.5) is 19.0 Å². The molecule has 9 heteroatoms. The molecule has 1 aliphatic rings. The molecule has 2 aromatic rings. The molecule has 0 spiro atoms. The van der Waals surface area contributed by atoms with Gasteiger partial charge in [0.2, 0.25) is 0 Å². The van der Waals surface area contributed by atoms with Crippen LogP contribution >= 0.6 is 0 Å². The summed E-state index contributed by atoms with van der Waals surface area (Å²) < 4.78 is 37.7. The molecule has 6 nitrogen and oxygen atoms in total. The van der Waals surface area contributed by atoms with Crippen LogP contribution in [0.1, 0.15) is 29.9 Å². The number of nitrogens with zero attached hydrogens (tertiary/aromatic N) is 4. The second-order valence-electron chi connectivity index (χ2n) is 6.93. The molecular formula is C20H22F3N5O. The fourth-order valence-electron chi connectivity index (χ4n) is 3.32. The summed E-state index contributed by atoms with van der Waals surface area (Å²) in [6.45, 7) is 2.17. The lowest BCUT2D eigenvalue weighted by Crippen LogP contribution is -2.37. The summed E-state index contributed by atoms with van der Waals surface area (Å²) in [6, 6.07) is 9.47. The number of aromatic hydroxyl groups is 1. The molecule has 0 saturated carbocycles. The number of alkyl halides is 3. The number of nitrogens with two attached hydrogens (primary N) is 1. The van der Waals surface area contributed by atoms with Gasteiger partial charge in [0.1, 0.15) is 5.75 Å². The second-order valence-corrected chi connectivity index (χ2v) is 6.93. The topological polar surface area (TPSA) is 87.1 Å². The van der Waals surface area contributed by atoms with Gasteiger partial charge in [0, 0.05) is 12.7 Å². The Kier molecular flexibility index (Phi) is 6.48. The highest BCUT2D eigenvalue weighted by molar-refractivity contribution is 6.31. The molecule has 29 heavy (non-hydrogen) atoms. The number of phenols is 1. The molecule has 0 unspecified atom stereocenters. The van der Waals surface area contributed by atoms with Crippen LogP contribution < -0.4 is 5.84 Å². The fourth-order valence-corrected chi connectivity index (χ4v) is 3.32. The quantitative estimate of drug-likeness (QED) is 0.451. The Balaban J connectivity index is 1.54. The van der Waals surface area contributed by atoms with Gasteiger partial charge in [-0.2, -0.15) is 18.3 Å². The fraction of sp³-hybridized carbons (Fsp3) is 0.350. The first-order valence-corrected chi connectivity index (χ1v) is 9.20. The van der Waals surface area contributed by atoms with Crippen LogP contribution in [0.25, 0.3) is 0 Å². The molecule has 0 aliphatic carbocycles. The molecule has 0 bridgehead atoms. The van der Waals surface area contributed by atoms with E-state index in [0.717, 1.165) is 43.8 Å². The maximum Gasteiger partial charge on any atom is 0.417 e. The Hall–Kier alpha value is -2.94. The first kappa shape index (κ1) is 20.8. The molecule has 0 amide bonds. The largest absolute Gasteiger partial charge is 0.508 e. The van der Waals surface area contributed by atoms with E-state index in [2.05, 4.69) is 20.0 Å². The smallest absolute Gasteiger partial charge is 0.417 e. The van der Waals surface area contributed by atoms with E-state index in [-0.39, 0.29) is 11.6 Å². The number of benzene rings is 1. The maximum atomic E-state index is 12.6. The van der Waals surface area contributed by atoms with Gasteiger partial charge in [0.15, 0.2) is 5.82 Å². The highest BCUT2D eigenvalue weighted by atomic mass is 19.4. The zero-order valence-corrected chi connectivity index (χ0v) is 15.7. The zero-order valence-electron chi connectivity index (χ0n) is 15.7. The molecule has 1 aliphatic heterocycles. The lowest BCUT2D eigenvalue weighted by atomic mass is 9.89. The average Bonchev–Trinajstić information content (AvgIpc) is 2.71. The number of piperidine rings is 1. The number of hydrogen-bond donors (Lipinski definition) is 2. The summed E-state index contributed by atoms with van der Waals surface area (Å²) in [7, 11) is 0. The van der Waals surface area contributed by atoms with Gasteiger partial charge < -0.3 is 10.9 Å². The van der Waals surface area contributed by atoms with Crippen LogP contribution in [0.2, 0.25) is 0 Å². The molecule has 154 valence electrons. The van der Waals surface area contributed by atoms with E-state index in [1.165, 1.54) is 12.3 Å². The van der Waals surface area contributed by atoms with E-state index in [9.17, 15) is 18.3 Å². The molecule has 3 rings (SSSR count). The summed E-state index contributed by atoms with van der Waals surface area (Å²) in [4.78, 5) is 9.96. The highest BCUT2D eigenvalue weighted by Gasteiger charge is 2.30. The van der Waals surface area contributed by atoms with Gasteiger partial charge >= 0.3 is 6.18 Å². The van der Waals surface area contributed by atoms with Crippen molar-refractivity contribution in [3.8, 4) is 5.75 Å². The number of halogens is 3.